The number of aromatic amines is 1. The molecule has 0 amide bonds. The van der Waals surface area contributed by atoms with Crippen molar-refractivity contribution in [3.8, 4) is 0 Å². The van der Waals surface area contributed by atoms with Gasteiger partial charge in [-0.05, 0) is 25.1 Å². The summed E-state index contributed by atoms with van der Waals surface area (Å²) in [7, 11) is 2.61. The van der Waals surface area contributed by atoms with Crippen molar-refractivity contribution >= 4 is 32.4 Å². The lowest BCUT2D eigenvalue weighted by molar-refractivity contribution is -0.916. The minimum atomic E-state index is -3.03. The van der Waals surface area contributed by atoms with Crippen LogP contribution < -0.4 is 15.2 Å². The van der Waals surface area contributed by atoms with Gasteiger partial charge in [-0.3, -0.25) is 4.79 Å². The lowest BCUT2D eigenvalue weighted by atomic mass is 10.1. The van der Waals surface area contributed by atoms with Crippen LogP contribution in [0, 0.1) is 0 Å². The van der Waals surface area contributed by atoms with E-state index in [0.717, 1.165) is 10.6 Å². The minimum Gasteiger partial charge on any atom is -0.461 e. The number of pyridine rings is 1. The van der Waals surface area contributed by atoms with Crippen molar-refractivity contribution in [3.05, 3.63) is 39.7 Å². The molecule has 1 unspecified atom stereocenters. The van der Waals surface area contributed by atoms with Gasteiger partial charge in [0.1, 0.15) is 24.0 Å². The van der Waals surface area contributed by atoms with Crippen molar-refractivity contribution < 1.29 is 22.8 Å². The highest BCUT2D eigenvalue weighted by atomic mass is 32.2. The standard InChI is InChI=1S/C20H27N3O5S/c1-5-28-20(25)18-16(11-23(4)14-8-9-29(26,27)12-14)19(24)15-10-13(22(2)3)6-7-17(15)21-18/h6-7,10,14H,5,8-9,11-12H2,1-4H3,(H,21,24)/p+1/t14-/m1/s1. The summed E-state index contributed by atoms with van der Waals surface area (Å²) in [6.07, 6.45) is 0.555. The summed E-state index contributed by atoms with van der Waals surface area (Å²) >= 11 is 0. The molecule has 1 aromatic heterocycles. The molecule has 9 heteroatoms. The first-order valence-corrected chi connectivity index (χ1v) is 11.5. The second kappa shape index (κ2) is 8.16. The third-order valence-corrected chi connectivity index (χ3v) is 7.23. The van der Waals surface area contributed by atoms with Crippen LogP contribution in [0.15, 0.2) is 23.0 Å². The number of H-pyrrole nitrogens is 1. The van der Waals surface area contributed by atoms with Gasteiger partial charge in [0, 0.05) is 31.6 Å². The first-order chi connectivity index (χ1) is 13.6. The number of hydrogen-bond acceptors (Lipinski definition) is 6. The fourth-order valence-electron chi connectivity index (χ4n) is 3.75. The van der Waals surface area contributed by atoms with Crippen molar-refractivity contribution in [1.82, 2.24) is 4.98 Å². The van der Waals surface area contributed by atoms with Crippen LogP contribution in [0.4, 0.5) is 5.69 Å². The van der Waals surface area contributed by atoms with Gasteiger partial charge in [0.15, 0.2) is 15.3 Å². The SMILES string of the molecule is CCOC(=O)c1[nH]c2ccc(N(C)C)cc2c(=O)c1C[NH+](C)[C@@H]1CCS(=O)(=O)C1. The number of carbonyl (C=O) groups excluding carboxylic acids is 1. The van der Waals surface area contributed by atoms with Crippen LogP contribution in [0.1, 0.15) is 29.4 Å². The van der Waals surface area contributed by atoms with E-state index in [1.165, 1.54) is 0 Å². The lowest BCUT2D eigenvalue weighted by Gasteiger charge is -2.21. The summed E-state index contributed by atoms with van der Waals surface area (Å²) in [6, 6.07) is 5.34. The second-order valence-corrected chi connectivity index (χ2v) is 10.0. The van der Waals surface area contributed by atoms with E-state index in [9.17, 15) is 18.0 Å². The zero-order chi connectivity index (χ0) is 21.3. The van der Waals surface area contributed by atoms with Crippen LogP contribution in [-0.2, 0) is 21.1 Å². The van der Waals surface area contributed by atoms with E-state index >= 15 is 0 Å². The van der Waals surface area contributed by atoms with Crippen LogP contribution in [0.5, 0.6) is 0 Å². The Morgan fingerprint density at radius 3 is 2.66 bits per heavy atom. The van der Waals surface area contributed by atoms with Crippen LogP contribution >= 0.6 is 0 Å². The zero-order valence-electron chi connectivity index (χ0n) is 17.2. The minimum absolute atomic E-state index is 0.0988. The second-order valence-electron chi connectivity index (χ2n) is 7.78. The van der Waals surface area contributed by atoms with Gasteiger partial charge in [-0.2, -0.15) is 0 Å². The summed E-state index contributed by atoms with van der Waals surface area (Å²) < 4.78 is 28.8. The number of aromatic nitrogens is 1. The van der Waals surface area contributed by atoms with Gasteiger partial charge in [-0.25, -0.2) is 13.2 Å². The Labute approximate surface area is 170 Å². The maximum absolute atomic E-state index is 13.3. The van der Waals surface area contributed by atoms with Gasteiger partial charge in [0.2, 0.25) is 0 Å². The van der Waals surface area contributed by atoms with Crippen molar-refractivity contribution in [2.24, 2.45) is 0 Å². The van der Waals surface area contributed by atoms with E-state index in [2.05, 4.69) is 4.98 Å². The Morgan fingerprint density at radius 1 is 1.34 bits per heavy atom. The van der Waals surface area contributed by atoms with E-state index < -0.39 is 15.8 Å². The van der Waals surface area contributed by atoms with Crippen molar-refractivity contribution in [2.45, 2.75) is 25.9 Å². The number of carbonyl (C=O) groups is 1. The summed E-state index contributed by atoms with van der Waals surface area (Å²) in [5.74, 6) is -0.311. The van der Waals surface area contributed by atoms with Crippen LogP contribution in [0.3, 0.4) is 0 Å². The molecule has 8 nitrogen and oxygen atoms in total. The molecule has 0 saturated carbocycles. The van der Waals surface area contributed by atoms with Gasteiger partial charge in [-0.15, -0.1) is 0 Å². The Balaban J connectivity index is 2.08. The predicted octanol–water partition coefficient (Wildman–Crippen LogP) is -0.0274. The Hall–Kier alpha value is -2.39. The van der Waals surface area contributed by atoms with Crippen LogP contribution in [0.25, 0.3) is 10.9 Å². The topological polar surface area (TPSA) is 101 Å². The van der Waals surface area contributed by atoms with Gasteiger partial charge in [0.05, 0.1) is 30.5 Å². The molecule has 0 aliphatic carbocycles. The van der Waals surface area contributed by atoms with E-state index in [-0.39, 0.29) is 41.8 Å². The van der Waals surface area contributed by atoms with Crippen molar-refractivity contribution in [2.75, 3.05) is 44.2 Å². The Kier molecular flexibility index (Phi) is 6.00. The number of sulfone groups is 1. The highest BCUT2D eigenvalue weighted by Gasteiger charge is 2.35. The Morgan fingerprint density at radius 2 is 2.07 bits per heavy atom. The number of fused-ring (bicyclic) bond motifs is 1. The van der Waals surface area contributed by atoms with E-state index in [1.54, 1.807) is 19.1 Å². The number of rotatable bonds is 6. The van der Waals surface area contributed by atoms with Crippen molar-refractivity contribution in [1.29, 1.82) is 0 Å². The molecule has 2 atom stereocenters. The Bertz CT molecular complexity index is 1090. The predicted molar refractivity (Wildman–Crippen MR) is 113 cm³/mol. The first kappa shape index (κ1) is 21.3. The number of nitrogens with zero attached hydrogens (tertiary/aromatic N) is 1. The molecule has 2 heterocycles. The third kappa shape index (κ3) is 4.45. The molecule has 29 heavy (non-hydrogen) atoms. The van der Waals surface area contributed by atoms with Gasteiger partial charge >= 0.3 is 5.97 Å². The molecule has 1 aliphatic rings. The maximum atomic E-state index is 13.3. The largest absolute Gasteiger partial charge is 0.461 e. The summed E-state index contributed by atoms with van der Waals surface area (Å²) in [5, 5.41) is 0.492. The lowest BCUT2D eigenvalue weighted by Crippen LogP contribution is -3.12. The molecule has 1 fully saturated rings. The number of nitrogens with one attached hydrogen (secondary N) is 2. The van der Waals surface area contributed by atoms with E-state index in [0.29, 0.717) is 22.9 Å². The average Bonchev–Trinajstić information content (AvgIpc) is 3.03. The van der Waals surface area contributed by atoms with Gasteiger partial charge < -0.3 is 19.5 Å². The molecule has 0 bridgehead atoms. The molecule has 0 radical (unpaired) electrons. The molecule has 1 aromatic carbocycles. The van der Waals surface area contributed by atoms with Crippen LogP contribution in [-0.4, -0.2) is 64.7 Å². The first-order valence-electron chi connectivity index (χ1n) is 9.69. The summed E-state index contributed by atoms with van der Waals surface area (Å²) in [4.78, 5) is 31.7. The molecule has 0 spiro atoms. The number of benzene rings is 1. The molecule has 158 valence electrons. The summed E-state index contributed by atoms with van der Waals surface area (Å²) in [5.41, 5.74) is 1.68. The third-order valence-electron chi connectivity index (χ3n) is 5.46. The molecule has 1 aliphatic heterocycles. The fourth-order valence-corrected chi connectivity index (χ4v) is 5.62. The number of hydrogen-bond donors (Lipinski definition) is 2. The molecule has 1 saturated heterocycles. The average molecular weight is 423 g/mol. The molecular weight excluding hydrogens is 394 g/mol. The monoisotopic (exact) mass is 422 g/mol. The van der Waals surface area contributed by atoms with Crippen molar-refractivity contribution in [3.63, 3.8) is 0 Å². The number of quaternary nitrogens is 1. The molecular formula is C20H28N3O5S+. The van der Waals surface area contributed by atoms with Gasteiger partial charge in [0.25, 0.3) is 0 Å². The highest BCUT2D eigenvalue weighted by Crippen LogP contribution is 2.19. The zero-order valence-corrected chi connectivity index (χ0v) is 18.1. The fraction of sp³-hybridized carbons (Fsp3) is 0.500. The van der Waals surface area contributed by atoms with Gasteiger partial charge in [-0.1, -0.05) is 0 Å². The maximum Gasteiger partial charge on any atom is 0.355 e. The normalized spacial score (nSPS) is 19.2. The summed E-state index contributed by atoms with van der Waals surface area (Å²) in [6.45, 7) is 2.15. The highest BCUT2D eigenvalue weighted by molar-refractivity contribution is 7.91. The number of esters is 1. The van der Waals surface area contributed by atoms with Crippen LogP contribution in [0.2, 0.25) is 0 Å². The quantitative estimate of drug-likeness (QED) is 0.635. The molecule has 2 N–H and O–H groups in total. The number of anilines is 1. The number of ether oxygens (including phenoxy) is 1. The smallest absolute Gasteiger partial charge is 0.355 e. The molecule has 2 aromatic rings. The van der Waals surface area contributed by atoms with E-state index in [4.69, 9.17) is 4.74 Å². The molecule has 3 rings (SSSR count). The van der Waals surface area contributed by atoms with E-state index in [1.807, 2.05) is 32.1 Å².